The van der Waals surface area contributed by atoms with Crippen LogP contribution >= 0.6 is 0 Å². The smallest absolute Gasteiger partial charge is 0.0992 e. The average Bonchev–Trinajstić information content (AvgIpc) is 3.16. The second-order valence-electron chi connectivity index (χ2n) is 5.51. The number of rotatable bonds is 3. The number of imidazole rings is 1. The quantitative estimate of drug-likeness (QED) is 0.793. The molecule has 1 aliphatic carbocycles. The first-order valence-corrected chi connectivity index (χ1v) is 7.31. The molecule has 0 saturated carbocycles. The van der Waals surface area contributed by atoms with E-state index in [0.29, 0.717) is 6.04 Å². The van der Waals surface area contributed by atoms with Gasteiger partial charge in [-0.3, -0.25) is 0 Å². The van der Waals surface area contributed by atoms with E-state index in [0.717, 1.165) is 24.2 Å². The first-order chi connectivity index (χ1) is 10.4. The van der Waals surface area contributed by atoms with Crippen LogP contribution < -0.4 is 5.32 Å². The average molecular weight is 275 g/mol. The fourth-order valence-electron chi connectivity index (χ4n) is 3.10. The molecular formula is C18H17N3. The van der Waals surface area contributed by atoms with E-state index in [-0.39, 0.29) is 0 Å². The Kier molecular flexibility index (Phi) is 2.96. The molecule has 1 heterocycles. The van der Waals surface area contributed by atoms with E-state index in [1.165, 1.54) is 11.1 Å². The second kappa shape index (κ2) is 5.09. The van der Waals surface area contributed by atoms with Gasteiger partial charge in [-0.25, -0.2) is 4.98 Å². The molecule has 1 N–H and O–H groups in total. The summed E-state index contributed by atoms with van der Waals surface area (Å²) in [6, 6.07) is 17.6. The Bertz CT molecular complexity index is 722. The molecule has 0 amide bonds. The number of fused-ring (bicyclic) bond motifs is 1. The Morgan fingerprint density at radius 3 is 2.38 bits per heavy atom. The summed E-state index contributed by atoms with van der Waals surface area (Å²) < 4.78 is 2.05. The molecule has 0 fully saturated rings. The third kappa shape index (κ3) is 2.31. The minimum atomic E-state index is 0.465. The summed E-state index contributed by atoms with van der Waals surface area (Å²) >= 11 is 0. The highest BCUT2D eigenvalue weighted by Crippen LogP contribution is 2.27. The highest BCUT2D eigenvalue weighted by Gasteiger charge is 2.21. The molecule has 0 atom stereocenters. The highest BCUT2D eigenvalue weighted by atomic mass is 15.1. The molecule has 0 unspecified atom stereocenters. The van der Waals surface area contributed by atoms with E-state index in [4.69, 9.17) is 0 Å². The summed E-state index contributed by atoms with van der Waals surface area (Å²) in [6.45, 7) is 0. The molecule has 1 aromatic heterocycles. The van der Waals surface area contributed by atoms with Gasteiger partial charge >= 0.3 is 0 Å². The molecule has 4 rings (SSSR count). The van der Waals surface area contributed by atoms with Gasteiger partial charge in [0.15, 0.2) is 0 Å². The van der Waals surface area contributed by atoms with Crippen LogP contribution in [0.2, 0.25) is 0 Å². The van der Waals surface area contributed by atoms with Crippen LogP contribution in [0.25, 0.3) is 5.69 Å². The van der Waals surface area contributed by atoms with Crippen molar-refractivity contribution in [1.29, 1.82) is 0 Å². The Labute approximate surface area is 124 Å². The molecule has 0 bridgehead atoms. The van der Waals surface area contributed by atoms with Crippen molar-refractivity contribution in [3.8, 4) is 5.69 Å². The fraction of sp³-hybridized carbons (Fsp3) is 0.167. The second-order valence-corrected chi connectivity index (χ2v) is 5.51. The summed E-state index contributed by atoms with van der Waals surface area (Å²) in [5, 5.41) is 3.70. The number of hydrogen-bond acceptors (Lipinski definition) is 2. The maximum atomic E-state index is 4.14. The van der Waals surface area contributed by atoms with Gasteiger partial charge in [-0.2, -0.15) is 0 Å². The van der Waals surface area contributed by atoms with Gasteiger partial charge in [0.25, 0.3) is 0 Å². The minimum Gasteiger partial charge on any atom is -0.380 e. The Morgan fingerprint density at radius 1 is 0.952 bits per heavy atom. The van der Waals surface area contributed by atoms with Gasteiger partial charge in [-0.15, -0.1) is 0 Å². The zero-order chi connectivity index (χ0) is 14.1. The van der Waals surface area contributed by atoms with E-state index in [1.807, 2.05) is 23.3 Å². The number of hydrogen-bond donors (Lipinski definition) is 1. The van der Waals surface area contributed by atoms with Crippen molar-refractivity contribution in [3.63, 3.8) is 0 Å². The van der Waals surface area contributed by atoms with Crippen LogP contribution in [-0.4, -0.2) is 15.6 Å². The van der Waals surface area contributed by atoms with Crippen LogP contribution in [0, 0.1) is 0 Å². The van der Waals surface area contributed by atoms with Gasteiger partial charge in [0.2, 0.25) is 0 Å². The first kappa shape index (κ1) is 12.2. The van der Waals surface area contributed by atoms with Crippen molar-refractivity contribution in [2.45, 2.75) is 18.9 Å². The topological polar surface area (TPSA) is 29.9 Å². The Hall–Kier alpha value is -2.55. The van der Waals surface area contributed by atoms with Crippen molar-refractivity contribution in [2.75, 3.05) is 5.32 Å². The van der Waals surface area contributed by atoms with E-state index in [9.17, 15) is 0 Å². The minimum absolute atomic E-state index is 0.465. The maximum absolute atomic E-state index is 4.14. The van der Waals surface area contributed by atoms with Gasteiger partial charge in [0, 0.05) is 18.4 Å². The molecule has 0 saturated heterocycles. The molecule has 21 heavy (non-hydrogen) atoms. The highest BCUT2D eigenvalue weighted by molar-refractivity contribution is 5.62. The number of para-hydroxylation sites is 2. The lowest BCUT2D eigenvalue weighted by molar-refractivity contribution is 0.772. The number of anilines is 1. The first-order valence-electron chi connectivity index (χ1n) is 7.31. The van der Waals surface area contributed by atoms with Crippen LogP contribution in [0.1, 0.15) is 11.1 Å². The predicted octanol–water partition coefficient (Wildman–Crippen LogP) is 3.45. The third-order valence-corrected chi connectivity index (χ3v) is 4.10. The molecule has 2 aromatic carbocycles. The Morgan fingerprint density at radius 2 is 1.67 bits per heavy atom. The lowest BCUT2D eigenvalue weighted by atomic mass is 10.1. The SMILES string of the molecule is c1ccc2c(c1)CC(Nc1ccccc1-n1ccnc1)C2. The number of benzene rings is 2. The zero-order valence-corrected chi connectivity index (χ0v) is 11.7. The van der Waals surface area contributed by atoms with E-state index >= 15 is 0 Å². The lowest BCUT2D eigenvalue weighted by Crippen LogP contribution is -2.20. The van der Waals surface area contributed by atoms with E-state index in [1.54, 1.807) is 0 Å². The fourth-order valence-corrected chi connectivity index (χ4v) is 3.10. The largest absolute Gasteiger partial charge is 0.380 e. The number of nitrogens with one attached hydrogen (secondary N) is 1. The van der Waals surface area contributed by atoms with Gasteiger partial charge in [0.05, 0.1) is 17.7 Å². The summed E-state index contributed by atoms with van der Waals surface area (Å²) in [5.41, 5.74) is 5.24. The summed E-state index contributed by atoms with van der Waals surface area (Å²) in [6.07, 6.45) is 7.80. The van der Waals surface area contributed by atoms with E-state index in [2.05, 4.69) is 58.8 Å². The number of nitrogens with zero attached hydrogens (tertiary/aromatic N) is 2. The van der Waals surface area contributed by atoms with Gasteiger partial charge in [0.1, 0.15) is 0 Å². The molecule has 0 aliphatic heterocycles. The van der Waals surface area contributed by atoms with Crippen LogP contribution in [0.4, 0.5) is 5.69 Å². The molecule has 0 spiro atoms. The van der Waals surface area contributed by atoms with Crippen molar-refractivity contribution in [2.24, 2.45) is 0 Å². The van der Waals surface area contributed by atoms with Crippen LogP contribution in [0.5, 0.6) is 0 Å². The monoisotopic (exact) mass is 275 g/mol. The van der Waals surface area contributed by atoms with E-state index < -0.39 is 0 Å². The van der Waals surface area contributed by atoms with Crippen molar-refractivity contribution >= 4 is 5.69 Å². The molecule has 3 aromatic rings. The normalized spacial score (nSPS) is 14.1. The molecule has 0 radical (unpaired) electrons. The van der Waals surface area contributed by atoms with Crippen molar-refractivity contribution < 1.29 is 0 Å². The number of aromatic nitrogens is 2. The van der Waals surface area contributed by atoms with Crippen molar-refractivity contribution in [1.82, 2.24) is 9.55 Å². The standard InChI is InChI=1S/C18H17N3/c1-2-6-15-12-16(11-14(15)5-1)20-17-7-3-4-8-18(17)21-10-9-19-13-21/h1-10,13,16,20H,11-12H2. The van der Waals surface area contributed by atoms with Gasteiger partial charge in [-0.1, -0.05) is 36.4 Å². The summed E-state index contributed by atoms with van der Waals surface area (Å²) in [7, 11) is 0. The molecule has 3 heteroatoms. The predicted molar refractivity (Wildman–Crippen MR) is 84.8 cm³/mol. The Balaban J connectivity index is 1.59. The summed E-state index contributed by atoms with van der Waals surface area (Å²) in [4.78, 5) is 4.14. The van der Waals surface area contributed by atoms with Crippen LogP contribution in [-0.2, 0) is 12.8 Å². The zero-order valence-electron chi connectivity index (χ0n) is 11.7. The third-order valence-electron chi connectivity index (χ3n) is 4.10. The maximum Gasteiger partial charge on any atom is 0.0992 e. The molecular weight excluding hydrogens is 258 g/mol. The van der Waals surface area contributed by atoms with Crippen molar-refractivity contribution in [3.05, 3.63) is 78.4 Å². The van der Waals surface area contributed by atoms with Crippen LogP contribution in [0.15, 0.2) is 67.3 Å². The van der Waals surface area contributed by atoms with Gasteiger partial charge in [-0.05, 0) is 36.1 Å². The van der Waals surface area contributed by atoms with Crippen LogP contribution in [0.3, 0.4) is 0 Å². The van der Waals surface area contributed by atoms with Gasteiger partial charge < -0.3 is 9.88 Å². The molecule has 1 aliphatic rings. The lowest BCUT2D eigenvalue weighted by Gasteiger charge is -2.17. The molecule has 3 nitrogen and oxygen atoms in total. The summed E-state index contributed by atoms with van der Waals surface area (Å²) in [5.74, 6) is 0. The molecule has 104 valence electrons.